The number of nitrogens with one attached hydrogen (secondary N) is 1. The lowest BCUT2D eigenvalue weighted by molar-refractivity contribution is -0.120. The molecule has 0 aliphatic rings. The number of carbonyl (C=O) groups is 1. The van der Waals surface area contributed by atoms with Crippen molar-refractivity contribution in [2.75, 3.05) is 31.3 Å². The highest BCUT2D eigenvalue weighted by molar-refractivity contribution is 7.92. The largest absolute Gasteiger partial charge is 0.497 e. The summed E-state index contributed by atoms with van der Waals surface area (Å²) in [5, 5.41) is 2.88. The molecule has 0 saturated heterocycles. The van der Waals surface area contributed by atoms with Crippen LogP contribution < -0.4 is 19.1 Å². The lowest BCUT2D eigenvalue weighted by atomic mass is 10.0. The first kappa shape index (κ1) is 22.5. The van der Waals surface area contributed by atoms with Gasteiger partial charge in [0.2, 0.25) is 15.9 Å². The summed E-state index contributed by atoms with van der Waals surface area (Å²) >= 11 is 0. The minimum Gasteiger partial charge on any atom is -0.497 e. The van der Waals surface area contributed by atoms with E-state index in [1.165, 1.54) is 14.2 Å². The Hall–Kier alpha value is -2.74. The van der Waals surface area contributed by atoms with Gasteiger partial charge in [0.05, 0.1) is 32.2 Å². The molecule has 1 amide bonds. The molecular weight excluding hydrogens is 392 g/mol. The molecule has 0 aliphatic heterocycles. The van der Waals surface area contributed by atoms with Gasteiger partial charge in [-0.15, -0.1) is 0 Å². The Morgan fingerprint density at radius 2 is 1.79 bits per heavy atom. The second-order valence-electron chi connectivity index (χ2n) is 6.96. The van der Waals surface area contributed by atoms with Crippen LogP contribution in [0.1, 0.15) is 29.7 Å². The van der Waals surface area contributed by atoms with Crippen LogP contribution in [-0.2, 0) is 14.8 Å². The Bertz CT molecular complexity index is 989. The number of anilines is 1. The van der Waals surface area contributed by atoms with Gasteiger partial charge in [-0.3, -0.25) is 9.10 Å². The highest BCUT2D eigenvalue weighted by Gasteiger charge is 2.25. The van der Waals surface area contributed by atoms with Gasteiger partial charge in [-0.1, -0.05) is 23.8 Å². The molecular formula is C21H28N2O5S. The van der Waals surface area contributed by atoms with Crippen LogP contribution in [0.15, 0.2) is 36.4 Å². The minimum atomic E-state index is -3.73. The molecule has 1 unspecified atom stereocenters. The summed E-state index contributed by atoms with van der Waals surface area (Å²) < 4.78 is 36.3. The van der Waals surface area contributed by atoms with Crippen LogP contribution in [-0.4, -0.2) is 41.3 Å². The van der Waals surface area contributed by atoms with Crippen LogP contribution in [0.3, 0.4) is 0 Å². The van der Waals surface area contributed by atoms with Crippen molar-refractivity contribution in [1.29, 1.82) is 0 Å². The Kier molecular flexibility index (Phi) is 7.13. The third-order valence-corrected chi connectivity index (χ3v) is 5.74. The van der Waals surface area contributed by atoms with Crippen molar-refractivity contribution in [3.63, 3.8) is 0 Å². The molecule has 1 N–H and O–H groups in total. The second kappa shape index (κ2) is 9.17. The molecule has 158 valence electrons. The first-order valence-corrected chi connectivity index (χ1v) is 11.0. The fourth-order valence-corrected chi connectivity index (χ4v) is 4.04. The molecule has 0 heterocycles. The number of benzene rings is 2. The number of sulfonamides is 1. The predicted octanol–water partition coefficient (Wildman–Crippen LogP) is 2.96. The van der Waals surface area contributed by atoms with Crippen molar-refractivity contribution >= 4 is 21.6 Å². The van der Waals surface area contributed by atoms with E-state index in [1.54, 1.807) is 18.2 Å². The minimum absolute atomic E-state index is 0.262. The van der Waals surface area contributed by atoms with E-state index in [4.69, 9.17) is 9.47 Å². The number of hydrogen-bond donors (Lipinski definition) is 1. The number of hydrogen-bond acceptors (Lipinski definition) is 5. The summed E-state index contributed by atoms with van der Waals surface area (Å²) in [5.41, 5.74) is 3.45. The highest BCUT2D eigenvalue weighted by Crippen LogP contribution is 2.33. The third kappa shape index (κ3) is 5.63. The van der Waals surface area contributed by atoms with E-state index in [9.17, 15) is 13.2 Å². The quantitative estimate of drug-likeness (QED) is 0.710. The van der Waals surface area contributed by atoms with E-state index in [-0.39, 0.29) is 18.3 Å². The average molecular weight is 421 g/mol. The smallest absolute Gasteiger partial charge is 0.241 e. The van der Waals surface area contributed by atoms with E-state index in [0.717, 1.165) is 27.3 Å². The van der Waals surface area contributed by atoms with Gasteiger partial charge in [-0.05, 0) is 44.0 Å². The Labute approximate surface area is 172 Å². The standard InChI is InChI=1S/C21H28N2O5S/c1-14-7-9-18(15(2)11-14)16(3)22-21(24)13-23(29(6,25)26)19-10-8-17(27-4)12-20(19)28-5/h7-12,16H,13H2,1-6H3,(H,22,24). The molecule has 0 fully saturated rings. The first-order chi connectivity index (χ1) is 13.6. The highest BCUT2D eigenvalue weighted by atomic mass is 32.2. The maximum atomic E-state index is 12.7. The van der Waals surface area contributed by atoms with E-state index in [0.29, 0.717) is 11.5 Å². The number of rotatable bonds is 8. The zero-order valence-corrected chi connectivity index (χ0v) is 18.5. The fraction of sp³-hybridized carbons (Fsp3) is 0.381. The zero-order valence-electron chi connectivity index (χ0n) is 17.6. The monoisotopic (exact) mass is 420 g/mol. The first-order valence-electron chi connectivity index (χ1n) is 9.13. The van der Waals surface area contributed by atoms with Gasteiger partial charge >= 0.3 is 0 Å². The Morgan fingerprint density at radius 1 is 1.10 bits per heavy atom. The summed E-state index contributed by atoms with van der Waals surface area (Å²) in [6.45, 7) is 5.49. The van der Waals surface area contributed by atoms with Crippen LogP contribution >= 0.6 is 0 Å². The SMILES string of the molecule is COc1ccc(N(CC(=O)NC(C)c2ccc(C)cc2C)S(C)(=O)=O)c(OC)c1. The van der Waals surface area contributed by atoms with Crippen molar-refractivity contribution in [2.45, 2.75) is 26.8 Å². The summed E-state index contributed by atoms with van der Waals surface area (Å²) in [6, 6.07) is 10.5. The molecule has 2 rings (SSSR count). The predicted molar refractivity (Wildman–Crippen MR) is 114 cm³/mol. The van der Waals surface area contributed by atoms with Crippen LogP contribution in [0.5, 0.6) is 11.5 Å². The van der Waals surface area contributed by atoms with Gasteiger partial charge in [0.15, 0.2) is 0 Å². The van der Waals surface area contributed by atoms with Crippen LogP contribution in [0, 0.1) is 13.8 Å². The molecule has 29 heavy (non-hydrogen) atoms. The van der Waals surface area contributed by atoms with Gasteiger partial charge in [-0.25, -0.2) is 8.42 Å². The van der Waals surface area contributed by atoms with Crippen LogP contribution in [0.25, 0.3) is 0 Å². The van der Waals surface area contributed by atoms with Gasteiger partial charge in [-0.2, -0.15) is 0 Å². The molecule has 0 aliphatic carbocycles. The number of aryl methyl sites for hydroxylation is 2. The number of amides is 1. The van der Waals surface area contributed by atoms with Crippen molar-refractivity contribution in [1.82, 2.24) is 5.32 Å². The topological polar surface area (TPSA) is 84.9 Å². The van der Waals surface area contributed by atoms with E-state index in [1.807, 2.05) is 39.0 Å². The summed E-state index contributed by atoms with van der Waals surface area (Å²) in [5.74, 6) is 0.401. The van der Waals surface area contributed by atoms with Crippen LogP contribution in [0.4, 0.5) is 5.69 Å². The third-order valence-electron chi connectivity index (χ3n) is 4.61. The maximum Gasteiger partial charge on any atom is 0.241 e. The molecule has 0 radical (unpaired) electrons. The molecule has 8 heteroatoms. The maximum absolute atomic E-state index is 12.7. The van der Waals surface area contributed by atoms with E-state index >= 15 is 0 Å². The van der Waals surface area contributed by atoms with E-state index in [2.05, 4.69) is 5.32 Å². The molecule has 0 spiro atoms. The average Bonchev–Trinajstić information content (AvgIpc) is 2.64. The molecule has 7 nitrogen and oxygen atoms in total. The number of carbonyl (C=O) groups excluding carboxylic acids is 1. The molecule has 2 aromatic rings. The Balaban J connectivity index is 2.26. The molecule has 0 saturated carbocycles. The Morgan fingerprint density at radius 3 is 2.34 bits per heavy atom. The number of methoxy groups -OCH3 is 2. The van der Waals surface area contributed by atoms with E-state index < -0.39 is 15.9 Å². The lowest BCUT2D eigenvalue weighted by Crippen LogP contribution is -2.41. The molecule has 0 aromatic heterocycles. The van der Waals surface area contributed by atoms with Crippen molar-refractivity contribution in [2.24, 2.45) is 0 Å². The van der Waals surface area contributed by atoms with Gasteiger partial charge < -0.3 is 14.8 Å². The van der Waals surface area contributed by atoms with Gasteiger partial charge in [0.1, 0.15) is 18.0 Å². The molecule has 0 bridgehead atoms. The number of nitrogens with zero attached hydrogens (tertiary/aromatic N) is 1. The van der Waals surface area contributed by atoms with Crippen molar-refractivity contribution in [3.8, 4) is 11.5 Å². The summed E-state index contributed by atoms with van der Waals surface area (Å²) in [4.78, 5) is 12.7. The van der Waals surface area contributed by atoms with Crippen molar-refractivity contribution in [3.05, 3.63) is 53.1 Å². The summed E-state index contributed by atoms with van der Waals surface area (Å²) in [6.07, 6.45) is 1.05. The second-order valence-corrected chi connectivity index (χ2v) is 8.86. The fourth-order valence-electron chi connectivity index (χ4n) is 3.18. The van der Waals surface area contributed by atoms with Gasteiger partial charge in [0.25, 0.3) is 0 Å². The lowest BCUT2D eigenvalue weighted by Gasteiger charge is -2.25. The summed E-state index contributed by atoms with van der Waals surface area (Å²) in [7, 11) is -0.791. The molecule has 2 aromatic carbocycles. The van der Waals surface area contributed by atoms with Crippen molar-refractivity contribution < 1.29 is 22.7 Å². The normalized spacial score (nSPS) is 12.2. The van der Waals surface area contributed by atoms with Crippen LogP contribution in [0.2, 0.25) is 0 Å². The number of ether oxygens (including phenoxy) is 2. The van der Waals surface area contributed by atoms with Gasteiger partial charge in [0, 0.05) is 6.07 Å². The zero-order chi connectivity index (χ0) is 21.8. The molecule has 1 atom stereocenters.